The van der Waals surface area contributed by atoms with E-state index in [4.69, 9.17) is 14.7 Å². The molecule has 0 radical (unpaired) electrons. The van der Waals surface area contributed by atoms with Gasteiger partial charge in [0.2, 0.25) is 11.8 Å². The van der Waals surface area contributed by atoms with Crippen LogP contribution in [-0.4, -0.2) is 91.1 Å². The highest BCUT2D eigenvalue weighted by atomic mass is 16.5. The van der Waals surface area contributed by atoms with Crippen molar-refractivity contribution >= 4 is 24.0 Å². The number of hydrogen-bond donors (Lipinski definition) is 5. The average molecular weight is 793 g/mol. The number of amides is 4. The van der Waals surface area contributed by atoms with Crippen LogP contribution in [0.2, 0.25) is 0 Å². The largest absolute Gasteiger partial charge is 0.465 e. The summed E-state index contributed by atoms with van der Waals surface area (Å²) in [4.78, 5) is 70.6. The molecule has 3 fully saturated rings. The molecule has 5 N–H and O–H groups in total. The molecule has 0 bridgehead atoms. The zero-order valence-corrected chi connectivity index (χ0v) is 34.4. The predicted molar refractivity (Wildman–Crippen MR) is 219 cm³/mol. The Labute approximate surface area is 339 Å². The molecule has 4 amide bonds. The SMILES string of the molecule is COC(=O)N[C@H](C(=O)N1CC(C)CC1c1ncc(-c2ccc([C@H]3C[C@@H]3c3ccc(-c4cnc([C@@H]5C[C@H](C)CN5C(=O)[C@@H](NC(=O)O)C(C)C)[nH]4)cc3)cc2)[nH]1)C(C)C. The van der Waals surface area contributed by atoms with Crippen LogP contribution >= 0.6 is 0 Å². The Balaban J connectivity index is 0.978. The summed E-state index contributed by atoms with van der Waals surface area (Å²) >= 11 is 0. The lowest BCUT2D eigenvalue weighted by Crippen LogP contribution is -2.51. The number of rotatable bonds is 12. The van der Waals surface area contributed by atoms with Crippen LogP contribution in [0.15, 0.2) is 60.9 Å². The molecular weight excluding hydrogens is 737 g/mol. The first-order valence-corrected chi connectivity index (χ1v) is 20.5. The number of aromatic amines is 2. The predicted octanol–water partition coefficient (Wildman–Crippen LogP) is 7.23. The third-order valence-corrected chi connectivity index (χ3v) is 12.1. The summed E-state index contributed by atoms with van der Waals surface area (Å²) < 4.78 is 4.78. The summed E-state index contributed by atoms with van der Waals surface area (Å²) in [7, 11) is 1.30. The lowest BCUT2D eigenvalue weighted by molar-refractivity contribution is -0.136. The maximum atomic E-state index is 13.7. The summed E-state index contributed by atoms with van der Waals surface area (Å²) in [6.07, 6.45) is 4.42. The Hall–Kier alpha value is -5.66. The highest BCUT2D eigenvalue weighted by molar-refractivity contribution is 5.87. The monoisotopic (exact) mass is 792 g/mol. The number of carbonyl (C=O) groups excluding carboxylic acids is 3. The first-order chi connectivity index (χ1) is 27.7. The number of hydrogen-bond acceptors (Lipinski definition) is 7. The number of ether oxygens (including phenoxy) is 1. The summed E-state index contributed by atoms with van der Waals surface area (Å²) in [6, 6.07) is 15.3. The van der Waals surface area contributed by atoms with Crippen molar-refractivity contribution < 1.29 is 29.0 Å². The van der Waals surface area contributed by atoms with Crippen molar-refractivity contribution in [3.05, 3.63) is 83.7 Å². The number of methoxy groups -OCH3 is 1. The number of aromatic nitrogens is 4. The number of carboxylic acid groups (broad SMARTS) is 1. The normalized spacial score (nSPS) is 23.9. The second-order valence-electron chi connectivity index (χ2n) is 17.3. The lowest BCUT2D eigenvalue weighted by atomic mass is 10.0. The third kappa shape index (κ3) is 8.46. The molecule has 2 aromatic heterocycles. The van der Waals surface area contributed by atoms with Gasteiger partial charge in [-0.25, -0.2) is 19.6 Å². The van der Waals surface area contributed by atoms with Crippen molar-refractivity contribution in [1.82, 2.24) is 40.4 Å². The highest BCUT2D eigenvalue weighted by Crippen LogP contribution is 2.55. The van der Waals surface area contributed by atoms with Crippen molar-refractivity contribution in [1.29, 1.82) is 0 Å². The smallest absolute Gasteiger partial charge is 0.407 e. The van der Waals surface area contributed by atoms with E-state index < -0.39 is 24.3 Å². The molecule has 0 spiro atoms. The molecule has 7 rings (SSSR count). The molecule has 4 aromatic rings. The van der Waals surface area contributed by atoms with Crippen LogP contribution in [0.25, 0.3) is 22.5 Å². The van der Waals surface area contributed by atoms with E-state index in [1.165, 1.54) is 18.2 Å². The Bertz CT molecular complexity index is 2110. The van der Waals surface area contributed by atoms with Gasteiger partial charge in [0.15, 0.2) is 0 Å². The van der Waals surface area contributed by atoms with Crippen molar-refractivity contribution in [2.75, 3.05) is 20.2 Å². The zero-order valence-electron chi connectivity index (χ0n) is 34.4. The molecule has 308 valence electrons. The number of H-pyrrole nitrogens is 2. The van der Waals surface area contributed by atoms with Crippen LogP contribution in [0.3, 0.4) is 0 Å². The highest BCUT2D eigenvalue weighted by Gasteiger charge is 2.42. The fourth-order valence-corrected chi connectivity index (χ4v) is 8.86. The number of nitrogens with zero attached hydrogens (tertiary/aromatic N) is 4. The van der Waals surface area contributed by atoms with Crippen molar-refractivity contribution in [3.8, 4) is 22.5 Å². The standard InChI is InChI=1S/C44H56N8O6/c1-23(2)37(49-43(55)56)41(53)51-21-25(5)16-35(51)39-45-19-33(47-39)29-12-8-27(9-13-29)31-18-32(31)28-10-14-30(15-11-28)34-20-46-40(48-34)36-17-26(6)22-52(36)42(54)38(24(3)4)50-44(57)58-7/h8-15,19-20,23-26,31-32,35-38,49H,16-18,21-22H2,1-7H3,(H,45,47)(H,46,48)(H,50,57)(H,55,56)/t25-,26?,31+,32+,35-,36?,37-,38-/m0/s1. The van der Waals surface area contributed by atoms with Crippen LogP contribution in [0.4, 0.5) is 9.59 Å². The van der Waals surface area contributed by atoms with Gasteiger partial charge >= 0.3 is 12.2 Å². The van der Waals surface area contributed by atoms with Crippen LogP contribution in [0, 0.1) is 23.7 Å². The fourth-order valence-electron chi connectivity index (χ4n) is 8.86. The molecule has 8 atom stereocenters. The first kappa shape index (κ1) is 40.5. The van der Waals surface area contributed by atoms with E-state index in [0.717, 1.165) is 47.6 Å². The molecule has 2 aromatic carbocycles. The third-order valence-electron chi connectivity index (χ3n) is 12.1. The van der Waals surface area contributed by atoms with Gasteiger partial charge in [0.05, 0.1) is 43.0 Å². The average Bonchev–Trinajstić information content (AvgIpc) is 3.62. The maximum Gasteiger partial charge on any atom is 0.407 e. The van der Waals surface area contributed by atoms with Gasteiger partial charge in [-0.3, -0.25) is 9.59 Å². The minimum Gasteiger partial charge on any atom is -0.465 e. The molecule has 4 heterocycles. The zero-order chi connectivity index (χ0) is 41.4. The van der Waals surface area contributed by atoms with E-state index in [2.05, 4.69) is 83.0 Å². The number of carbonyl (C=O) groups is 4. The second kappa shape index (κ2) is 16.7. The van der Waals surface area contributed by atoms with E-state index in [0.29, 0.717) is 36.7 Å². The van der Waals surface area contributed by atoms with E-state index >= 15 is 0 Å². The molecule has 58 heavy (non-hydrogen) atoms. The number of nitrogens with one attached hydrogen (secondary N) is 4. The minimum absolute atomic E-state index is 0.107. The Morgan fingerprint density at radius 3 is 1.48 bits per heavy atom. The molecule has 2 aliphatic heterocycles. The minimum atomic E-state index is -1.21. The van der Waals surface area contributed by atoms with E-state index in [1.807, 2.05) is 45.0 Å². The van der Waals surface area contributed by atoms with E-state index in [9.17, 15) is 24.3 Å². The lowest BCUT2D eigenvalue weighted by Gasteiger charge is -2.30. The quantitative estimate of drug-likeness (QED) is 0.0995. The molecule has 14 nitrogen and oxygen atoms in total. The molecule has 2 unspecified atom stereocenters. The maximum absolute atomic E-state index is 13.7. The number of imidazole rings is 2. The summed E-state index contributed by atoms with van der Waals surface area (Å²) in [5.41, 5.74) is 6.38. The molecule has 1 aliphatic carbocycles. The van der Waals surface area contributed by atoms with Crippen LogP contribution < -0.4 is 10.6 Å². The van der Waals surface area contributed by atoms with Gasteiger partial charge in [0.1, 0.15) is 23.7 Å². The Morgan fingerprint density at radius 2 is 1.10 bits per heavy atom. The van der Waals surface area contributed by atoms with Crippen LogP contribution in [0.1, 0.15) is 108 Å². The van der Waals surface area contributed by atoms with E-state index in [1.54, 1.807) is 4.90 Å². The molecule has 1 saturated carbocycles. The van der Waals surface area contributed by atoms with Crippen molar-refractivity contribution in [2.24, 2.45) is 23.7 Å². The van der Waals surface area contributed by atoms with Gasteiger partial charge < -0.3 is 40.2 Å². The van der Waals surface area contributed by atoms with Gasteiger partial charge in [0.25, 0.3) is 0 Å². The second-order valence-corrected chi connectivity index (χ2v) is 17.3. The number of benzene rings is 2. The fraction of sp³-hybridized carbons (Fsp3) is 0.500. The molecule has 3 aliphatic rings. The summed E-state index contributed by atoms with van der Waals surface area (Å²) in [5.74, 6) is 2.22. The van der Waals surface area contributed by atoms with Crippen LogP contribution in [-0.2, 0) is 14.3 Å². The van der Waals surface area contributed by atoms with Crippen molar-refractivity contribution in [2.45, 2.75) is 96.8 Å². The van der Waals surface area contributed by atoms with Crippen molar-refractivity contribution in [3.63, 3.8) is 0 Å². The van der Waals surface area contributed by atoms with Crippen LogP contribution in [0.5, 0.6) is 0 Å². The topological polar surface area (TPSA) is 186 Å². The van der Waals surface area contributed by atoms with Gasteiger partial charge in [-0.1, -0.05) is 90.1 Å². The van der Waals surface area contributed by atoms with Gasteiger partial charge in [-0.05, 0) is 77.0 Å². The summed E-state index contributed by atoms with van der Waals surface area (Å²) in [5, 5.41) is 14.5. The number of alkyl carbamates (subject to hydrolysis) is 1. The number of likely N-dealkylation sites (tertiary alicyclic amines) is 2. The Morgan fingerprint density at radius 1 is 0.690 bits per heavy atom. The first-order valence-electron chi connectivity index (χ1n) is 20.5. The Kier molecular flexibility index (Phi) is 11.7. The van der Waals surface area contributed by atoms with Gasteiger partial charge in [-0.15, -0.1) is 0 Å². The molecular formula is C44H56N8O6. The molecule has 14 heteroatoms. The van der Waals surface area contributed by atoms with Gasteiger partial charge in [-0.2, -0.15) is 0 Å². The molecule has 2 saturated heterocycles. The van der Waals surface area contributed by atoms with E-state index in [-0.39, 0.29) is 41.7 Å². The van der Waals surface area contributed by atoms with Gasteiger partial charge in [0, 0.05) is 13.1 Å². The summed E-state index contributed by atoms with van der Waals surface area (Å²) in [6.45, 7) is 12.9.